The molecule has 1 heterocycles. The molecule has 0 spiro atoms. The second-order valence-electron chi connectivity index (χ2n) is 6.79. The number of rotatable bonds is 5. The van der Waals surface area contributed by atoms with Crippen LogP contribution in [-0.4, -0.2) is 33.2 Å². The molecule has 1 aliphatic heterocycles. The molecule has 0 saturated carbocycles. The number of amides is 1. The van der Waals surface area contributed by atoms with Gasteiger partial charge in [-0.2, -0.15) is 0 Å². The topological polar surface area (TPSA) is 75.7 Å². The van der Waals surface area contributed by atoms with E-state index in [0.29, 0.717) is 22.1 Å². The highest BCUT2D eigenvalue weighted by atomic mass is 35.5. The summed E-state index contributed by atoms with van der Waals surface area (Å²) in [6, 6.07) is 20.1. The third-order valence-electron chi connectivity index (χ3n) is 4.77. The van der Waals surface area contributed by atoms with Crippen molar-refractivity contribution >= 4 is 50.7 Å². The molecular weight excluding hydrogens is 456 g/mol. The van der Waals surface area contributed by atoms with Gasteiger partial charge in [0.15, 0.2) is 6.10 Å². The average molecular weight is 475 g/mol. The molecule has 1 N–H and O–H groups in total. The zero-order valence-electron chi connectivity index (χ0n) is 16.5. The summed E-state index contributed by atoms with van der Waals surface area (Å²) in [5, 5.41) is 3.26. The fourth-order valence-corrected chi connectivity index (χ4v) is 5.29. The maximum absolute atomic E-state index is 13.4. The molecule has 0 aromatic heterocycles. The molecule has 0 bridgehead atoms. The Hall–Kier alpha value is -2.68. The van der Waals surface area contributed by atoms with Crippen molar-refractivity contribution in [1.29, 1.82) is 0 Å². The summed E-state index contributed by atoms with van der Waals surface area (Å²) < 4.78 is 33.8. The van der Waals surface area contributed by atoms with Crippen LogP contribution in [0, 0.1) is 0 Å². The number of ether oxygens (including phenoxy) is 1. The number of nitrogens with one attached hydrogen (secondary N) is 1. The summed E-state index contributed by atoms with van der Waals surface area (Å²) in [7, 11) is -3.93. The van der Waals surface area contributed by atoms with Gasteiger partial charge in [-0.3, -0.25) is 9.10 Å². The van der Waals surface area contributed by atoms with Crippen LogP contribution in [0.2, 0.25) is 5.02 Å². The molecule has 3 aromatic carbocycles. The number of anilines is 2. The van der Waals surface area contributed by atoms with E-state index in [1.54, 1.807) is 42.1 Å². The summed E-state index contributed by atoms with van der Waals surface area (Å²) in [6.45, 7) is -0.157. The van der Waals surface area contributed by atoms with Gasteiger partial charge < -0.3 is 10.1 Å². The third-order valence-corrected chi connectivity index (χ3v) is 7.54. The van der Waals surface area contributed by atoms with Gasteiger partial charge in [-0.1, -0.05) is 29.8 Å². The molecule has 1 aliphatic rings. The minimum absolute atomic E-state index is 0.0837. The molecule has 0 unspecified atom stereocenters. The van der Waals surface area contributed by atoms with Crippen molar-refractivity contribution in [3.63, 3.8) is 0 Å². The number of halogens is 1. The normalized spacial score (nSPS) is 15.7. The smallest absolute Gasteiger partial charge is 0.267 e. The Kier molecular flexibility index (Phi) is 6.13. The number of fused-ring (bicyclic) bond motifs is 1. The largest absolute Gasteiger partial charge is 0.476 e. The number of para-hydroxylation sites is 2. The predicted molar refractivity (Wildman–Crippen MR) is 124 cm³/mol. The van der Waals surface area contributed by atoms with Crippen molar-refractivity contribution in [2.45, 2.75) is 15.9 Å². The molecule has 160 valence electrons. The summed E-state index contributed by atoms with van der Waals surface area (Å²) >= 11 is 7.47. The van der Waals surface area contributed by atoms with Gasteiger partial charge in [-0.25, -0.2) is 8.42 Å². The molecule has 1 atom stereocenters. The van der Waals surface area contributed by atoms with E-state index in [1.807, 2.05) is 24.5 Å². The zero-order valence-corrected chi connectivity index (χ0v) is 18.9. The number of carbonyl (C=O) groups is 1. The monoisotopic (exact) mass is 474 g/mol. The molecule has 0 fully saturated rings. The SMILES string of the molecule is CSc1cccc(NC(=O)[C@@H]2CN(S(=O)(=O)c3ccc(Cl)cc3)c3ccccc3O2)c1. The van der Waals surface area contributed by atoms with Gasteiger partial charge in [-0.05, 0) is 60.9 Å². The molecular formula is C22H19ClN2O4S2. The van der Waals surface area contributed by atoms with E-state index < -0.39 is 22.0 Å². The number of nitrogens with zero attached hydrogens (tertiary/aromatic N) is 1. The number of thioether (sulfide) groups is 1. The first-order valence-corrected chi connectivity index (χ1v) is 12.4. The lowest BCUT2D eigenvalue weighted by atomic mass is 10.2. The number of benzene rings is 3. The zero-order chi connectivity index (χ0) is 22.0. The molecule has 4 rings (SSSR count). The van der Waals surface area contributed by atoms with Gasteiger partial charge in [0.2, 0.25) is 0 Å². The molecule has 0 radical (unpaired) electrons. The van der Waals surface area contributed by atoms with Crippen LogP contribution in [0.5, 0.6) is 5.75 Å². The van der Waals surface area contributed by atoms with Crippen LogP contribution in [0.15, 0.2) is 82.6 Å². The third kappa shape index (κ3) is 4.51. The number of hydrogen-bond acceptors (Lipinski definition) is 5. The van der Waals surface area contributed by atoms with Crippen LogP contribution < -0.4 is 14.4 Å². The Balaban J connectivity index is 1.65. The maximum atomic E-state index is 13.4. The van der Waals surface area contributed by atoms with Crippen LogP contribution in [0.1, 0.15) is 0 Å². The molecule has 0 aliphatic carbocycles. The van der Waals surface area contributed by atoms with E-state index in [9.17, 15) is 13.2 Å². The first-order valence-electron chi connectivity index (χ1n) is 9.37. The van der Waals surface area contributed by atoms with Crippen LogP contribution in [0.4, 0.5) is 11.4 Å². The Morgan fingerprint density at radius 2 is 1.84 bits per heavy atom. The summed E-state index contributed by atoms with van der Waals surface area (Å²) in [4.78, 5) is 14.0. The molecule has 9 heteroatoms. The molecule has 0 saturated heterocycles. The first kappa shape index (κ1) is 21.5. The van der Waals surface area contributed by atoms with E-state index in [0.717, 1.165) is 4.90 Å². The highest BCUT2D eigenvalue weighted by Crippen LogP contribution is 2.37. The van der Waals surface area contributed by atoms with E-state index in [4.69, 9.17) is 16.3 Å². The van der Waals surface area contributed by atoms with Crippen molar-refractivity contribution in [2.24, 2.45) is 0 Å². The first-order chi connectivity index (χ1) is 14.9. The quantitative estimate of drug-likeness (QED) is 0.544. The van der Waals surface area contributed by atoms with Crippen LogP contribution in [0.3, 0.4) is 0 Å². The molecule has 31 heavy (non-hydrogen) atoms. The summed E-state index contributed by atoms with van der Waals surface area (Å²) in [6.07, 6.45) is 0.927. The Bertz CT molecular complexity index is 1220. The van der Waals surface area contributed by atoms with Gasteiger partial charge in [0, 0.05) is 15.6 Å². The fraction of sp³-hybridized carbons (Fsp3) is 0.136. The van der Waals surface area contributed by atoms with Crippen molar-refractivity contribution in [3.05, 3.63) is 77.8 Å². The lowest BCUT2D eigenvalue weighted by Gasteiger charge is -2.34. The summed E-state index contributed by atoms with van der Waals surface area (Å²) in [5.74, 6) is -0.103. The van der Waals surface area contributed by atoms with Gasteiger partial charge in [0.25, 0.3) is 15.9 Å². The second-order valence-corrected chi connectivity index (χ2v) is 9.96. The second kappa shape index (κ2) is 8.82. The lowest BCUT2D eigenvalue weighted by Crippen LogP contribution is -2.48. The van der Waals surface area contributed by atoms with E-state index in [-0.39, 0.29) is 11.4 Å². The summed E-state index contributed by atoms with van der Waals surface area (Å²) in [5.41, 5.74) is 0.997. The van der Waals surface area contributed by atoms with Crippen LogP contribution in [0.25, 0.3) is 0 Å². The Morgan fingerprint density at radius 3 is 2.58 bits per heavy atom. The Labute approximate surface area is 190 Å². The molecule has 6 nitrogen and oxygen atoms in total. The van der Waals surface area contributed by atoms with Gasteiger partial charge >= 0.3 is 0 Å². The van der Waals surface area contributed by atoms with Crippen molar-refractivity contribution < 1.29 is 17.9 Å². The highest BCUT2D eigenvalue weighted by Gasteiger charge is 2.37. The van der Waals surface area contributed by atoms with Crippen LogP contribution >= 0.6 is 23.4 Å². The lowest BCUT2D eigenvalue weighted by molar-refractivity contribution is -0.122. The van der Waals surface area contributed by atoms with Crippen LogP contribution in [-0.2, 0) is 14.8 Å². The fourth-order valence-electron chi connectivity index (χ4n) is 3.22. The minimum Gasteiger partial charge on any atom is -0.476 e. The minimum atomic E-state index is -3.93. The van der Waals surface area contributed by atoms with E-state index in [2.05, 4.69) is 5.32 Å². The number of hydrogen-bond donors (Lipinski definition) is 1. The van der Waals surface area contributed by atoms with Crippen molar-refractivity contribution in [3.8, 4) is 5.75 Å². The van der Waals surface area contributed by atoms with Crippen molar-refractivity contribution in [2.75, 3.05) is 22.4 Å². The van der Waals surface area contributed by atoms with E-state index >= 15 is 0 Å². The Morgan fingerprint density at radius 1 is 1.10 bits per heavy atom. The predicted octanol–water partition coefficient (Wildman–Crippen LogP) is 4.66. The maximum Gasteiger partial charge on any atom is 0.267 e. The van der Waals surface area contributed by atoms with Gasteiger partial charge in [0.1, 0.15) is 5.75 Å². The standard InChI is InChI=1S/C22H19ClN2O4S2/c1-30-17-6-4-5-16(13-17)24-22(26)21-14-25(19-7-2-3-8-20(19)29-21)31(27,28)18-11-9-15(23)10-12-18/h2-13,21H,14H2,1H3,(H,24,26)/t21-/m0/s1. The molecule has 3 aromatic rings. The number of sulfonamides is 1. The van der Waals surface area contributed by atoms with Crippen molar-refractivity contribution in [1.82, 2.24) is 0 Å². The number of carbonyl (C=O) groups excluding carboxylic acids is 1. The average Bonchev–Trinajstić information content (AvgIpc) is 2.78. The van der Waals surface area contributed by atoms with E-state index in [1.165, 1.54) is 28.6 Å². The van der Waals surface area contributed by atoms with Gasteiger partial charge in [-0.15, -0.1) is 11.8 Å². The molecule has 1 amide bonds. The highest BCUT2D eigenvalue weighted by molar-refractivity contribution is 7.98. The van der Waals surface area contributed by atoms with Gasteiger partial charge in [0.05, 0.1) is 17.1 Å².